The monoisotopic (exact) mass is 572 g/mol. The number of hydrogen-bond acceptors (Lipinski definition) is 2. The lowest BCUT2D eigenvalue weighted by Crippen LogP contribution is -2.60. The van der Waals surface area contributed by atoms with Crippen LogP contribution in [0.25, 0.3) is 0 Å². The van der Waals surface area contributed by atoms with Gasteiger partial charge in [0.05, 0.1) is 0 Å². The molecule has 4 rings (SSSR count). The highest BCUT2D eigenvalue weighted by molar-refractivity contribution is 6.76. The summed E-state index contributed by atoms with van der Waals surface area (Å²) in [5, 5.41) is 0. The van der Waals surface area contributed by atoms with Crippen LogP contribution in [0.2, 0.25) is 26.2 Å². The van der Waals surface area contributed by atoms with Gasteiger partial charge in [-0.1, -0.05) is 65.3 Å². The summed E-state index contributed by atoms with van der Waals surface area (Å²) in [6, 6.07) is 0. The Labute approximate surface area is 245 Å². The van der Waals surface area contributed by atoms with Gasteiger partial charge >= 0.3 is 0 Å². The molecule has 224 valence electrons. The molecule has 4 heteroatoms. The Bertz CT molecular complexity index is 867. The van der Waals surface area contributed by atoms with E-state index in [9.17, 15) is 0 Å². The van der Waals surface area contributed by atoms with Gasteiger partial charge in [0.15, 0.2) is 0 Å². The third-order valence-corrected chi connectivity index (χ3v) is 16.5. The van der Waals surface area contributed by atoms with Crippen molar-refractivity contribution in [3.8, 4) is 0 Å². The van der Waals surface area contributed by atoms with Crippen LogP contribution in [0.4, 0.5) is 0 Å². The predicted octanol–water partition coefficient (Wildman–Crippen LogP) is 10.3. The van der Waals surface area contributed by atoms with Crippen LogP contribution in [0, 0.1) is 52.3 Å². The molecule has 1 unspecified atom stereocenters. The summed E-state index contributed by atoms with van der Waals surface area (Å²) in [4.78, 5) is 0. The van der Waals surface area contributed by atoms with Crippen molar-refractivity contribution in [2.24, 2.45) is 52.3 Å². The Kier molecular flexibility index (Phi) is 9.65. The van der Waals surface area contributed by atoms with Crippen molar-refractivity contribution in [3.05, 3.63) is 24.6 Å². The van der Waals surface area contributed by atoms with Gasteiger partial charge in [0, 0.05) is 12.2 Å². The maximum absolute atomic E-state index is 7.20. The zero-order chi connectivity index (χ0) is 28.8. The average Bonchev–Trinajstić information content (AvgIpc) is 3.21. The third-order valence-electron chi connectivity index (χ3n) is 12.7. The van der Waals surface area contributed by atoms with Crippen molar-refractivity contribution < 1.29 is 8.85 Å². The number of rotatable bonds is 11. The Balaban J connectivity index is 1.58. The fourth-order valence-electron chi connectivity index (χ4n) is 10.4. The summed E-state index contributed by atoms with van der Waals surface area (Å²) in [6.45, 7) is 30.4. The molecular weight excluding hydrogens is 509 g/mol. The first-order chi connectivity index (χ1) is 18.2. The Morgan fingerprint density at radius 2 is 1.38 bits per heavy atom. The molecule has 0 N–H and O–H groups in total. The number of fused-ring (bicyclic) bond motifs is 5. The van der Waals surface area contributed by atoms with Gasteiger partial charge in [-0.15, -0.1) is 13.2 Å². The van der Waals surface area contributed by atoms with E-state index in [1.165, 1.54) is 70.6 Å². The van der Waals surface area contributed by atoms with Crippen LogP contribution in [0.3, 0.4) is 0 Å². The van der Waals surface area contributed by atoms with Crippen molar-refractivity contribution in [1.82, 2.24) is 0 Å². The van der Waals surface area contributed by atoms with Crippen molar-refractivity contribution in [2.75, 3.05) is 0 Å². The normalized spacial score (nSPS) is 41.4. The molecule has 0 aromatic heterocycles. The van der Waals surface area contributed by atoms with Crippen LogP contribution in [0.5, 0.6) is 0 Å². The van der Waals surface area contributed by atoms with E-state index in [1.54, 1.807) is 0 Å². The molecule has 4 saturated carbocycles. The first kappa shape index (κ1) is 31.8. The summed E-state index contributed by atoms with van der Waals surface area (Å²) < 4.78 is 14.0. The second-order valence-corrected chi connectivity index (χ2v) is 24.2. The van der Waals surface area contributed by atoms with Gasteiger partial charge in [-0.2, -0.15) is 0 Å². The molecule has 0 aromatic rings. The summed E-state index contributed by atoms with van der Waals surface area (Å²) in [5.74, 6) is 5.79. The van der Waals surface area contributed by atoms with E-state index in [4.69, 9.17) is 8.85 Å². The molecule has 4 aliphatic rings. The fraction of sp³-hybridized carbons (Fsp3) is 0.886. The van der Waals surface area contributed by atoms with Crippen LogP contribution in [-0.4, -0.2) is 28.8 Å². The van der Waals surface area contributed by atoms with Gasteiger partial charge < -0.3 is 8.85 Å². The minimum Gasteiger partial charge on any atom is -0.411 e. The number of hydrogen-bond donors (Lipinski definition) is 0. The predicted molar refractivity (Wildman–Crippen MR) is 174 cm³/mol. The van der Waals surface area contributed by atoms with Gasteiger partial charge in [0.1, 0.15) is 0 Å². The molecule has 2 nitrogen and oxygen atoms in total. The first-order valence-corrected chi connectivity index (χ1v) is 22.8. The van der Waals surface area contributed by atoms with Crippen molar-refractivity contribution >= 4 is 16.6 Å². The Hall–Kier alpha value is -0.166. The van der Waals surface area contributed by atoms with E-state index >= 15 is 0 Å². The molecule has 39 heavy (non-hydrogen) atoms. The summed E-state index contributed by atoms with van der Waals surface area (Å²) in [6.07, 6.45) is 15.7. The lowest BCUT2D eigenvalue weighted by Gasteiger charge is -2.63. The maximum atomic E-state index is 7.20. The van der Waals surface area contributed by atoms with Gasteiger partial charge in [0.25, 0.3) is 0 Å². The minimum atomic E-state index is -1.90. The van der Waals surface area contributed by atoms with Gasteiger partial charge in [-0.05, 0) is 130 Å². The molecular formula is C35H64O2Si2. The van der Waals surface area contributed by atoms with Crippen molar-refractivity contribution in [3.63, 3.8) is 0 Å². The standard InChI is InChI=1S/C35H64O2Si2/c1-12-38(8,9)36-27-19-21-35(7)31-20-22-34(6)29(26(5)16-14-15-25(3)4)17-18-30(34)28(31)24-33(32(35)23-27)37-39(10,11)13-2/h12-13,25-33H,1-2,14-24H2,3-11H3/t26-,27+,28?,29-,30+,31+,32-,33-,34-,35-/m1/s1. The Morgan fingerprint density at radius 3 is 2.03 bits per heavy atom. The fourth-order valence-corrected chi connectivity index (χ4v) is 12.7. The highest BCUT2D eigenvalue weighted by Gasteiger charge is 2.63. The SMILES string of the molecule is C=C[Si](C)(C)O[C@H]1CC[C@@]2(C)[C@H](C1)[C@H](O[Si](C)(C)C=C)CC1[C@@H]2CC[C@]2(C)[C@@H]([C@H](C)CCCC(C)C)CC[C@@H]12. The highest BCUT2D eigenvalue weighted by atomic mass is 28.4. The van der Waals surface area contributed by atoms with Crippen molar-refractivity contribution in [2.45, 2.75) is 144 Å². The van der Waals surface area contributed by atoms with Crippen molar-refractivity contribution in [1.29, 1.82) is 0 Å². The average molecular weight is 573 g/mol. The molecule has 0 aromatic carbocycles. The Morgan fingerprint density at radius 1 is 0.769 bits per heavy atom. The molecule has 0 spiro atoms. The van der Waals surface area contributed by atoms with E-state index in [-0.39, 0.29) is 0 Å². The summed E-state index contributed by atoms with van der Waals surface area (Å²) in [5.41, 5.74) is 5.18. The lowest BCUT2D eigenvalue weighted by molar-refractivity contribution is -0.166. The van der Waals surface area contributed by atoms with E-state index in [1.807, 2.05) is 0 Å². The van der Waals surface area contributed by atoms with Gasteiger partial charge in [-0.25, -0.2) is 0 Å². The summed E-state index contributed by atoms with van der Waals surface area (Å²) in [7, 11) is -3.70. The molecule has 0 amide bonds. The molecule has 0 radical (unpaired) electrons. The molecule has 0 aliphatic heterocycles. The smallest absolute Gasteiger partial charge is 0.210 e. The topological polar surface area (TPSA) is 18.5 Å². The van der Waals surface area contributed by atoms with Crippen LogP contribution >= 0.6 is 0 Å². The minimum absolute atomic E-state index is 0.362. The zero-order valence-corrected chi connectivity index (χ0v) is 29.4. The van der Waals surface area contributed by atoms with Crippen LogP contribution in [-0.2, 0) is 8.85 Å². The largest absolute Gasteiger partial charge is 0.411 e. The van der Waals surface area contributed by atoms with E-state index < -0.39 is 16.6 Å². The van der Waals surface area contributed by atoms with E-state index in [0.717, 1.165) is 35.5 Å². The maximum Gasteiger partial charge on any atom is 0.210 e. The second kappa shape index (κ2) is 11.8. The second-order valence-electron chi connectivity index (χ2n) is 16.5. The zero-order valence-electron chi connectivity index (χ0n) is 27.4. The van der Waals surface area contributed by atoms with Crippen LogP contribution in [0.15, 0.2) is 24.6 Å². The highest BCUT2D eigenvalue weighted by Crippen LogP contribution is 2.69. The quantitative estimate of drug-likeness (QED) is 0.229. The lowest BCUT2D eigenvalue weighted by atomic mass is 9.43. The van der Waals surface area contributed by atoms with E-state index in [2.05, 4.69) is 85.4 Å². The van der Waals surface area contributed by atoms with E-state index in [0.29, 0.717) is 29.0 Å². The van der Waals surface area contributed by atoms with Gasteiger partial charge in [0.2, 0.25) is 16.6 Å². The molecule has 10 atom stereocenters. The van der Waals surface area contributed by atoms with Crippen LogP contribution < -0.4 is 0 Å². The first-order valence-electron chi connectivity index (χ1n) is 16.8. The molecule has 4 aliphatic carbocycles. The molecule has 4 fully saturated rings. The van der Waals surface area contributed by atoms with Crippen LogP contribution in [0.1, 0.15) is 105 Å². The van der Waals surface area contributed by atoms with Gasteiger partial charge in [-0.3, -0.25) is 0 Å². The molecule has 0 heterocycles. The summed E-state index contributed by atoms with van der Waals surface area (Å²) >= 11 is 0. The molecule has 0 bridgehead atoms. The third kappa shape index (κ3) is 6.44. The molecule has 0 saturated heterocycles.